The number of carbonyl (C=O) groups is 3. The Kier molecular flexibility index (Phi) is 10.1. The maximum Gasteiger partial charge on any atom is 0.244 e. The van der Waals surface area contributed by atoms with E-state index in [0.29, 0.717) is 21.2 Å². The summed E-state index contributed by atoms with van der Waals surface area (Å²) in [5.41, 5.74) is 1.79. The van der Waals surface area contributed by atoms with E-state index in [1.54, 1.807) is 24.3 Å². The number of nitrogens with one attached hydrogen (secondary N) is 1. The second-order valence-corrected chi connectivity index (χ2v) is 11.7. The molecule has 1 atom stereocenters. The lowest BCUT2D eigenvalue weighted by molar-refractivity contribution is -0.139. The number of ketones is 1. The number of likely N-dealkylation sites (N-methyl/N-ethyl adjacent to an activating group) is 1. The number of hydrogen-bond donors (Lipinski definition) is 1. The molecule has 0 saturated carbocycles. The summed E-state index contributed by atoms with van der Waals surface area (Å²) in [6.45, 7) is 0.683. The van der Waals surface area contributed by atoms with Gasteiger partial charge in [-0.25, -0.2) is 8.42 Å². The molecule has 8 nitrogen and oxygen atoms in total. The molecule has 3 aromatic rings. The summed E-state index contributed by atoms with van der Waals surface area (Å²) >= 11 is 12.5. The first-order chi connectivity index (χ1) is 18.4. The Balaban J connectivity index is 2.07. The first-order valence-electron chi connectivity index (χ1n) is 12.0. The molecule has 0 aromatic heterocycles. The molecule has 3 aromatic carbocycles. The highest BCUT2D eigenvalue weighted by Crippen LogP contribution is 2.25. The number of nitrogens with zero attached hydrogens (tertiary/aromatic N) is 2. The van der Waals surface area contributed by atoms with Gasteiger partial charge in [-0.05, 0) is 42.3 Å². The van der Waals surface area contributed by atoms with E-state index in [0.717, 1.165) is 16.1 Å². The summed E-state index contributed by atoms with van der Waals surface area (Å²) in [6.07, 6.45) is 1.15. The summed E-state index contributed by atoms with van der Waals surface area (Å²) < 4.78 is 26.6. The molecular formula is C28H29Cl2N3O5S. The van der Waals surface area contributed by atoms with Crippen molar-refractivity contribution in [3.8, 4) is 0 Å². The largest absolute Gasteiger partial charge is 0.357 e. The Morgan fingerprint density at radius 3 is 2.23 bits per heavy atom. The topological polar surface area (TPSA) is 104 Å². The van der Waals surface area contributed by atoms with Crippen LogP contribution < -0.4 is 9.62 Å². The van der Waals surface area contributed by atoms with E-state index in [4.69, 9.17) is 23.2 Å². The number of hydrogen-bond acceptors (Lipinski definition) is 5. The third kappa shape index (κ3) is 8.05. The van der Waals surface area contributed by atoms with Crippen molar-refractivity contribution in [3.05, 3.63) is 99.5 Å². The minimum atomic E-state index is -3.96. The van der Waals surface area contributed by atoms with Crippen molar-refractivity contribution in [1.82, 2.24) is 10.2 Å². The molecule has 0 spiro atoms. The van der Waals surface area contributed by atoms with Crippen LogP contribution in [0.1, 0.15) is 28.4 Å². The lowest BCUT2D eigenvalue weighted by Gasteiger charge is -2.33. The van der Waals surface area contributed by atoms with Crippen LogP contribution in [0.25, 0.3) is 0 Å². The van der Waals surface area contributed by atoms with Gasteiger partial charge >= 0.3 is 0 Å². The average molecular weight is 591 g/mol. The summed E-state index contributed by atoms with van der Waals surface area (Å²) in [5.74, 6) is -1.32. The van der Waals surface area contributed by atoms with Crippen molar-refractivity contribution in [2.75, 3.05) is 24.2 Å². The normalized spacial score (nSPS) is 11.9. The number of carbonyl (C=O) groups excluding carboxylic acids is 3. The minimum absolute atomic E-state index is 0.0785. The van der Waals surface area contributed by atoms with E-state index in [2.05, 4.69) is 5.32 Å². The molecule has 3 rings (SSSR count). The fourth-order valence-electron chi connectivity index (χ4n) is 4.05. The van der Waals surface area contributed by atoms with Crippen molar-refractivity contribution >= 4 is 56.5 Å². The standard InChI is InChI=1S/C28H29Cl2N3O5S/c1-19(34)21-10-7-11-24(15-21)33(39(3,37)38)18-27(35)32(17-22-12-13-23(29)16-25(22)30)26(28(36)31-2)14-20-8-5-4-6-9-20/h4-13,15-16,26H,14,17-18H2,1-3H3,(H,31,36)/t26-/m0/s1. The SMILES string of the molecule is CNC(=O)[C@H](Cc1ccccc1)N(Cc1ccc(Cl)cc1Cl)C(=O)CN(c1cccc(C(C)=O)c1)S(C)(=O)=O. The van der Waals surface area contributed by atoms with Crippen molar-refractivity contribution in [2.45, 2.75) is 25.9 Å². The molecule has 0 unspecified atom stereocenters. The molecule has 0 heterocycles. The Labute approximate surface area is 238 Å². The lowest BCUT2D eigenvalue weighted by atomic mass is 10.0. The first kappa shape index (κ1) is 30.1. The highest BCUT2D eigenvalue weighted by molar-refractivity contribution is 7.92. The monoisotopic (exact) mass is 589 g/mol. The molecule has 39 heavy (non-hydrogen) atoms. The van der Waals surface area contributed by atoms with E-state index in [9.17, 15) is 22.8 Å². The van der Waals surface area contributed by atoms with Crippen molar-refractivity contribution in [2.24, 2.45) is 0 Å². The van der Waals surface area contributed by atoms with Crippen LogP contribution in [0.3, 0.4) is 0 Å². The fourth-order valence-corrected chi connectivity index (χ4v) is 5.36. The van der Waals surface area contributed by atoms with Crippen molar-refractivity contribution < 1.29 is 22.8 Å². The van der Waals surface area contributed by atoms with Crippen molar-refractivity contribution in [1.29, 1.82) is 0 Å². The van der Waals surface area contributed by atoms with Crippen LogP contribution in [0.15, 0.2) is 72.8 Å². The van der Waals surface area contributed by atoms with Gasteiger partial charge in [-0.1, -0.05) is 71.7 Å². The van der Waals surface area contributed by atoms with Gasteiger partial charge in [0.05, 0.1) is 11.9 Å². The molecule has 0 aliphatic rings. The van der Waals surface area contributed by atoms with E-state index in [1.807, 2.05) is 30.3 Å². The molecule has 0 radical (unpaired) electrons. The van der Waals surface area contributed by atoms with Gasteiger partial charge in [-0.3, -0.25) is 18.7 Å². The van der Waals surface area contributed by atoms with Crippen LogP contribution in [-0.4, -0.2) is 56.8 Å². The number of sulfonamides is 1. The van der Waals surface area contributed by atoms with Gasteiger partial charge in [0.2, 0.25) is 21.8 Å². The Morgan fingerprint density at radius 2 is 1.64 bits per heavy atom. The molecule has 0 bridgehead atoms. The molecule has 206 valence electrons. The van der Waals surface area contributed by atoms with Crippen LogP contribution in [0.2, 0.25) is 10.0 Å². The summed E-state index contributed by atoms with van der Waals surface area (Å²) in [5, 5.41) is 3.31. The van der Waals surface area contributed by atoms with E-state index in [-0.39, 0.29) is 24.4 Å². The average Bonchev–Trinajstić information content (AvgIpc) is 2.89. The van der Waals surface area contributed by atoms with Gasteiger partial charge in [-0.2, -0.15) is 0 Å². The lowest BCUT2D eigenvalue weighted by Crippen LogP contribution is -2.52. The number of anilines is 1. The second-order valence-electron chi connectivity index (χ2n) is 8.95. The zero-order valence-electron chi connectivity index (χ0n) is 21.7. The summed E-state index contributed by atoms with van der Waals surface area (Å²) in [7, 11) is -2.49. The Hall–Kier alpha value is -3.40. The zero-order chi connectivity index (χ0) is 28.7. The number of Topliss-reactive ketones (excluding diaryl/α,β-unsaturated/α-hetero) is 1. The van der Waals surface area contributed by atoms with Crippen molar-refractivity contribution in [3.63, 3.8) is 0 Å². The van der Waals surface area contributed by atoms with Crippen LogP contribution in [0.4, 0.5) is 5.69 Å². The molecule has 0 aliphatic heterocycles. The third-order valence-corrected chi connectivity index (χ3v) is 7.82. The van der Waals surface area contributed by atoms with Gasteiger partial charge in [0.25, 0.3) is 0 Å². The van der Waals surface area contributed by atoms with Gasteiger partial charge in [0, 0.05) is 35.6 Å². The van der Waals surface area contributed by atoms with Crippen LogP contribution in [0.5, 0.6) is 0 Å². The van der Waals surface area contributed by atoms with Gasteiger partial charge in [0.1, 0.15) is 12.6 Å². The Bertz CT molecular complexity index is 1470. The van der Waals surface area contributed by atoms with Gasteiger partial charge in [-0.15, -0.1) is 0 Å². The maximum absolute atomic E-state index is 13.9. The molecule has 0 fully saturated rings. The van der Waals surface area contributed by atoms with Crippen LogP contribution in [0, 0.1) is 0 Å². The first-order valence-corrected chi connectivity index (χ1v) is 14.6. The molecule has 2 amide bonds. The van der Waals surface area contributed by atoms with E-state index >= 15 is 0 Å². The van der Waals surface area contributed by atoms with Gasteiger partial charge < -0.3 is 10.2 Å². The smallest absolute Gasteiger partial charge is 0.244 e. The predicted octanol–water partition coefficient (Wildman–Crippen LogP) is 4.35. The van der Waals surface area contributed by atoms with Gasteiger partial charge in [0.15, 0.2) is 5.78 Å². The van der Waals surface area contributed by atoms with Crippen LogP contribution >= 0.6 is 23.2 Å². The minimum Gasteiger partial charge on any atom is -0.357 e. The maximum atomic E-state index is 13.9. The molecule has 1 N–H and O–H groups in total. The fraction of sp³-hybridized carbons (Fsp3) is 0.250. The quantitative estimate of drug-likeness (QED) is 0.335. The van der Waals surface area contributed by atoms with Crippen LogP contribution in [-0.2, 0) is 32.6 Å². The number of benzene rings is 3. The Morgan fingerprint density at radius 1 is 0.949 bits per heavy atom. The predicted molar refractivity (Wildman–Crippen MR) is 154 cm³/mol. The molecule has 0 saturated heterocycles. The zero-order valence-corrected chi connectivity index (χ0v) is 24.1. The van der Waals surface area contributed by atoms with E-state index in [1.165, 1.54) is 37.1 Å². The summed E-state index contributed by atoms with van der Waals surface area (Å²) in [4.78, 5) is 40.3. The highest BCUT2D eigenvalue weighted by Gasteiger charge is 2.33. The highest BCUT2D eigenvalue weighted by atomic mass is 35.5. The molecule has 11 heteroatoms. The molecule has 0 aliphatic carbocycles. The number of halogens is 2. The molecular weight excluding hydrogens is 561 g/mol. The number of amides is 2. The van der Waals surface area contributed by atoms with E-state index < -0.39 is 34.4 Å². The number of rotatable bonds is 11. The summed E-state index contributed by atoms with van der Waals surface area (Å²) in [6, 6.07) is 19.0. The third-order valence-electron chi connectivity index (χ3n) is 6.09. The second kappa shape index (κ2) is 13.1.